The third-order valence-corrected chi connectivity index (χ3v) is 4.28. The average Bonchev–Trinajstić information content (AvgIpc) is 2.66. The van der Waals surface area contributed by atoms with Crippen molar-refractivity contribution in [2.45, 2.75) is 25.9 Å². The van der Waals surface area contributed by atoms with Crippen LogP contribution in [0.4, 0.5) is 4.79 Å². The molecule has 6 nitrogen and oxygen atoms in total. The third kappa shape index (κ3) is 4.75. The molecular formula is C20H23N3O3. The molecule has 1 aliphatic heterocycles. The van der Waals surface area contributed by atoms with Crippen LogP contribution < -0.4 is 20.7 Å². The maximum absolute atomic E-state index is 12.1. The molecular weight excluding hydrogens is 330 g/mol. The number of nitrogens with one attached hydrogen (secondary N) is 3. The van der Waals surface area contributed by atoms with E-state index in [0.717, 1.165) is 16.9 Å². The van der Waals surface area contributed by atoms with Crippen LogP contribution in [-0.2, 0) is 11.3 Å². The smallest absolute Gasteiger partial charge is 0.315 e. The molecule has 0 aliphatic carbocycles. The van der Waals surface area contributed by atoms with Crippen LogP contribution in [-0.4, -0.2) is 25.1 Å². The highest BCUT2D eigenvalue weighted by molar-refractivity contribution is 5.84. The summed E-state index contributed by atoms with van der Waals surface area (Å²) in [6.45, 7) is 2.92. The summed E-state index contributed by atoms with van der Waals surface area (Å²) in [5.74, 6) is 0.574. The zero-order valence-corrected chi connectivity index (χ0v) is 14.7. The molecule has 136 valence electrons. The van der Waals surface area contributed by atoms with Crippen LogP contribution in [0.1, 0.15) is 29.2 Å². The van der Waals surface area contributed by atoms with E-state index in [1.165, 1.54) is 5.56 Å². The lowest BCUT2D eigenvalue weighted by Gasteiger charge is -2.26. The molecule has 0 radical (unpaired) electrons. The number of fused-ring (bicyclic) bond motifs is 1. The summed E-state index contributed by atoms with van der Waals surface area (Å²) in [6, 6.07) is 15.1. The fraction of sp³-hybridized carbons (Fsp3) is 0.300. The fourth-order valence-corrected chi connectivity index (χ4v) is 2.85. The summed E-state index contributed by atoms with van der Waals surface area (Å²) < 4.78 is 5.58. The molecule has 3 N–H and O–H groups in total. The summed E-state index contributed by atoms with van der Waals surface area (Å²) in [5, 5.41) is 8.28. The van der Waals surface area contributed by atoms with Crippen LogP contribution in [0.2, 0.25) is 0 Å². The molecule has 26 heavy (non-hydrogen) atoms. The Hall–Kier alpha value is -3.02. The molecule has 0 bridgehead atoms. The highest BCUT2D eigenvalue weighted by atomic mass is 16.5. The van der Waals surface area contributed by atoms with Gasteiger partial charge in [0.1, 0.15) is 5.75 Å². The highest BCUT2D eigenvalue weighted by Gasteiger charge is 2.22. The Morgan fingerprint density at radius 3 is 2.65 bits per heavy atom. The van der Waals surface area contributed by atoms with Gasteiger partial charge in [-0.2, -0.15) is 0 Å². The van der Waals surface area contributed by atoms with Crippen molar-refractivity contribution in [1.29, 1.82) is 0 Å². The van der Waals surface area contributed by atoms with Gasteiger partial charge in [0.25, 0.3) is 0 Å². The Morgan fingerprint density at radius 1 is 1.08 bits per heavy atom. The van der Waals surface area contributed by atoms with Gasteiger partial charge < -0.3 is 20.7 Å². The first-order valence-corrected chi connectivity index (χ1v) is 8.70. The summed E-state index contributed by atoms with van der Waals surface area (Å²) in [4.78, 5) is 24.0. The van der Waals surface area contributed by atoms with Crippen molar-refractivity contribution in [3.8, 4) is 5.75 Å². The van der Waals surface area contributed by atoms with Crippen LogP contribution in [0, 0.1) is 6.92 Å². The maximum Gasteiger partial charge on any atom is 0.315 e. The molecule has 1 unspecified atom stereocenters. The van der Waals surface area contributed by atoms with Gasteiger partial charge in [-0.15, -0.1) is 0 Å². The molecule has 3 amide bonds. The van der Waals surface area contributed by atoms with E-state index in [9.17, 15) is 9.59 Å². The number of carbonyl (C=O) groups is 2. The van der Waals surface area contributed by atoms with E-state index >= 15 is 0 Å². The van der Waals surface area contributed by atoms with Crippen molar-refractivity contribution in [1.82, 2.24) is 16.0 Å². The number of hydrogen-bond acceptors (Lipinski definition) is 3. The van der Waals surface area contributed by atoms with Crippen molar-refractivity contribution >= 4 is 11.9 Å². The molecule has 0 saturated heterocycles. The molecule has 2 aromatic carbocycles. The number of ether oxygens (including phenoxy) is 1. The first kappa shape index (κ1) is 17.8. The molecule has 1 heterocycles. The van der Waals surface area contributed by atoms with E-state index in [0.29, 0.717) is 19.6 Å². The van der Waals surface area contributed by atoms with E-state index in [1.54, 1.807) is 0 Å². The van der Waals surface area contributed by atoms with Crippen LogP contribution in [0.15, 0.2) is 48.5 Å². The van der Waals surface area contributed by atoms with Gasteiger partial charge in [0.05, 0.1) is 19.2 Å². The van der Waals surface area contributed by atoms with Gasteiger partial charge in [-0.05, 0) is 18.6 Å². The first-order chi connectivity index (χ1) is 12.6. The largest absolute Gasteiger partial charge is 0.493 e. The van der Waals surface area contributed by atoms with Gasteiger partial charge in [-0.3, -0.25) is 4.79 Å². The molecule has 1 atom stereocenters. The molecule has 6 heteroatoms. The molecule has 0 fully saturated rings. The van der Waals surface area contributed by atoms with E-state index < -0.39 is 0 Å². The monoisotopic (exact) mass is 353 g/mol. The predicted octanol–water partition coefficient (Wildman–Crippen LogP) is 2.43. The second kappa shape index (κ2) is 8.38. The topological polar surface area (TPSA) is 79.5 Å². The number of benzene rings is 2. The number of urea groups is 1. The third-order valence-electron chi connectivity index (χ3n) is 4.28. The lowest BCUT2D eigenvalue weighted by molar-refractivity contribution is -0.121. The van der Waals surface area contributed by atoms with Crippen LogP contribution in [0.5, 0.6) is 5.75 Å². The number of aryl methyl sites for hydroxylation is 1. The van der Waals surface area contributed by atoms with Crippen molar-refractivity contribution in [2.75, 3.05) is 13.2 Å². The minimum absolute atomic E-state index is 0.0702. The van der Waals surface area contributed by atoms with Crippen LogP contribution >= 0.6 is 0 Å². The number of amides is 3. The molecule has 3 rings (SSSR count). The summed E-state index contributed by atoms with van der Waals surface area (Å²) in [6.07, 6.45) is 0.711. The van der Waals surface area contributed by atoms with Crippen LogP contribution in [0.25, 0.3) is 0 Å². The van der Waals surface area contributed by atoms with Gasteiger partial charge in [0.15, 0.2) is 0 Å². The summed E-state index contributed by atoms with van der Waals surface area (Å²) in [5.41, 5.74) is 3.15. The lowest BCUT2D eigenvalue weighted by Crippen LogP contribution is -2.43. The second-order valence-electron chi connectivity index (χ2n) is 6.32. The molecule has 1 aliphatic rings. The maximum atomic E-state index is 12.1. The lowest BCUT2D eigenvalue weighted by atomic mass is 10.0. The van der Waals surface area contributed by atoms with Crippen molar-refractivity contribution in [3.63, 3.8) is 0 Å². The molecule has 0 aromatic heterocycles. The average molecular weight is 353 g/mol. The first-order valence-electron chi connectivity index (χ1n) is 8.70. The number of para-hydroxylation sites is 1. The Bertz CT molecular complexity index is 774. The Kier molecular flexibility index (Phi) is 5.73. The quantitative estimate of drug-likeness (QED) is 0.772. The Labute approximate surface area is 152 Å². The Balaban J connectivity index is 1.43. The van der Waals surface area contributed by atoms with E-state index in [1.807, 2.05) is 55.5 Å². The van der Waals surface area contributed by atoms with Gasteiger partial charge >= 0.3 is 6.03 Å². The molecule has 2 aromatic rings. The van der Waals surface area contributed by atoms with Crippen LogP contribution in [0.3, 0.4) is 0 Å². The minimum atomic E-state index is -0.367. The molecule has 0 spiro atoms. The SMILES string of the molecule is Cc1ccc(CNC(=O)NCC(=O)NC2CCOc3ccccc32)cc1. The zero-order chi connectivity index (χ0) is 18.4. The van der Waals surface area contributed by atoms with E-state index in [-0.39, 0.29) is 24.5 Å². The fourth-order valence-electron chi connectivity index (χ4n) is 2.85. The van der Waals surface area contributed by atoms with Gasteiger partial charge in [-0.1, -0.05) is 48.0 Å². The normalized spacial score (nSPS) is 15.3. The van der Waals surface area contributed by atoms with E-state index in [4.69, 9.17) is 4.74 Å². The second-order valence-corrected chi connectivity index (χ2v) is 6.32. The van der Waals surface area contributed by atoms with Gasteiger partial charge in [-0.25, -0.2) is 4.79 Å². The standard InChI is InChI=1S/C20H23N3O3/c1-14-6-8-15(9-7-14)12-21-20(25)22-13-19(24)23-17-10-11-26-18-5-3-2-4-16(17)18/h2-9,17H,10-13H2,1H3,(H,23,24)(H2,21,22,25). The summed E-state index contributed by atoms with van der Waals surface area (Å²) >= 11 is 0. The van der Waals surface area contributed by atoms with Gasteiger partial charge in [0.2, 0.25) is 5.91 Å². The number of rotatable bonds is 5. The summed E-state index contributed by atoms with van der Waals surface area (Å²) in [7, 11) is 0. The van der Waals surface area contributed by atoms with Gasteiger partial charge in [0, 0.05) is 18.5 Å². The predicted molar refractivity (Wildman–Crippen MR) is 98.9 cm³/mol. The van der Waals surface area contributed by atoms with Crippen molar-refractivity contribution in [3.05, 3.63) is 65.2 Å². The minimum Gasteiger partial charge on any atom is -0.493 e. The van der Waals surface area contributed by atoms with Crippen molar-refractivity contribution < 1.29 is 14.3 Å². The highest BCUT2D eigenvalue weighted by Crippen LogP contribution is 2.31. The molecule has 0 saturated carbocycles. The van der Waals surface area contributed by atoms with Crippen molar-refractivity contribution in [2.24, 2.45) is 0 Å². The number of carbonyl (C=O) groups excluding carboxylic acids is 2. The van der Waals surface area contributed by atoms with E-state index in [2.05, 4.69) is 16.0 Å². The zero-order valence-electron chi connectivity index (χ0n) is 14.7. The number of hydrogen-bond donors (Lipinski definition) is 3. The Morgan fingerprint density at radius 2 is 1.85 bits per heavy atom.